The van der Waals surface area contributed by atoms with Crippen molar-refractivity contribution in [1.29, 1.82) is 0 Å². The van der Waals surface area contributed by atoms with Gasteiger partial charge in [0.15, 0.2) is 6.61 Å². The van der Waals surface area contributed by atoms with Gasteiger partial charge in [0.2, 0.25) is 0 Å². The zero-order valence-electron chi connectivity index (χ0n) is 20.2. The number of aromatic nitrogens is 2. The van der Waals surface area contributed by atoms with Crippen LogP contribution in [0, 0.1) is 0 Å². The van der Waals surface area contributed by atoms with Crippen LogP contribution in [0.1, 0.15) is 31.2 Å². The zero-order chi connectivity index (χ0) is 24.0. The zero-order valence-corrected chi connectivity index (χ0v) is 20.2. The summed E-state index contributed by atoms with van der Waals surface area (Å²) in [4.78, 5) is 27.3. The normalized spacial score (nSPS) is 20.9. The van der Waals surface area contributed by atoms with Crippen LogP contribution in [0.4, 0.5) is 11.6 Å². The van der Waals surface area contributed by atoms with Crippen molar-refractivity contribution in [2.24, 2.45) is 0 Å². The molecule has 2 aliphatic heterocycles. The number of benzene rings is 1. The van der Waals surface area contributed by atoms with Crippen molar-refractivity contribution in [2.75, 3.05) is 63.6 Å². The number of carbonyl (C=O) groups is 1. The Kier molecular flexibility index (Phi) is 7.84. The van der Waals surface area contributed by atoms with Gasteiger partial charge in [-0.2, -0.15) is 0 Å². The van der Waals surface area contributed by atoms with Gasteiger partial charge in [0.1, 0.15) is 23.7 Å². The fraction of sp³-hybridized carbons (Fsp3) is 0.560. The summed E-state index contributed by atoms with van der Waals surface area (Å²) in [5, 5.41) is 14.3. The van der Waals surface area contributed by atoms with E-state index in [4.69, 9.17) is 4.74 Å². The van der Waals surface area contributed by atoms with Gasteiger partial charge >= 0.3 is 0 Å². The number of β-amino-alcohol motifs (C(OH)–C–C–N with tert-alkyl or cyclic N) is 1. The quantitative estimate of drug-likeness (QED) is 0.577. The molecule has 1 atom stereocenters. The summed E-state index contributed by atoms with van der Waals surface area (Å²) in [7, 11) is 3.52. The number of ether oxygens (including phenoxy) is 1. The lowest BCUT2D eigenvalue weighted by Crippen LogP contribution is -2.55. The van der Waals surface area contributed by atoms with Crippen LogP contribution in [0.3, 0.4) is 0 Å². The number of rotatable bonds is 9. The van der Waals surface area contributed by atoms with Crippen LogP contribution in [-0.2, 0) is 11.3 Å². The average Bonchev–Trinajstić information content (AvgIpc) is 3.36. The summed E-state index contributed by atoms with van der Waals surface area (Å²) in [6.07, 6.45) is 5.52. The SMILES string of the molecule is CNc1cc(N2CCC[C@](O)(CN(C)C(=O)COc3ccc(CN4CCCC4)cc3)C2)ncn1. The Morgan fingerprint density at radius 2 is 1.94 bits per heavy atom. The number of carbonyl (C=O) groups excluding carboxylic acids is 1. The number of nitrogens with one attached hydrogen (secondary N) is 1. The van der Waals surface area contributed by atoms with E-state index in [1.54, 1.807) is 11.9 Å². The Morgan fingerprint density at radius 3 is 2.68 bits per heavy atom. The van der Waals surface area contributed by atoms with Gasteiger partial charge in [0, 0.05) is 39.8 Å². The van der Waals surface area contributed by atoms with Crippen LogP contribution in [0.15, 0.2) is 36.7 Å². The van der Waals surface area contributed by atoms with Gasteiger partial charge in [0.05, 0.1) is 12.1 Å². The molecule has 0 radical (unpaired) electrons. The second-order valence-corrected chi connectivity index (χ2v) is 9.43. The van der Waals surface area contributed by atoms with Gasteiger partial charge in [-0.15, -0.1) is 0 Å². The van der Waals surface area contributed by atoms with E-state index in [0.717, 1.165) is 31.1 Å². The lowest BCUT2D eigenvalue weighted by Gasteiger charge is -2.41. The number of likely N-dealkylation sites (tertiary alicyclic amines) is 1. The van der Waals surface area contributed by atoms with Crippen LogP contribution in [-0.4, -0.2) is 89.8 Å². The first-order chi connectivity index (χ1) is 16.4. The summed E-state index contributed by atoms with van der Waals surface area (Å²) >= 11 is 0. The summed E-state index contributed by atoms with van der Waals surface area (Å²) in [5.74, 6) is 2.01. The topological polar surface area (TPSA) is 94.1 Å². The largest absolute Gasteiger partial charge is 0.484 e. The van der Waals surface area contributed by atoms with Crippen LogP contribution in [0.2, 0.25) is 0 Å². The monoisotopic (exact) mass is 468 g/mol. The van der Waals surface area contributed by atoms with E-state index in [1.807, 2.05) is 30.1 Å². The van der Waals surface area contributed by atoms with Crippen molar-refractivity contribution in [3.63, 3.8) is 0 Å². The molecule has 9 nitrogen and oxygen atoms in total. The van der Waals surface area contributed by atoms with Gasteiger partial charge in [-0.1, -0.05) is 12.1 Å². The Labute approximate surface area is 201 Å². The van der Waals surface area contributed by atoms with Gasteiger partial charge in [-0.3, -0.25) is 9.69 Å². The highest BCUT2D eigenvalue weighted by atomic mass is 16.5. The Bertz CT molecular complexity index is 950. The highest BCUT2D eigenvalue weighted by molar-refractivity contribution is 5.77. The summed E-state index contributed by atoms with van der Waals surface area (Å²) in [5.41, 5.74) is 0.247. The highest BCUT2D eigenvalue weighted by Crippen LogP contribution is 2.26. The van der Waals surface area contributed by atoms with E-state index in [9.17, 15) is 9.90 Å². The van der Waals surface area contributed by atoms with Gasteiger partial charge in [-0.05, 0) is 56.5 Å². The number of piperidine rings is 1. The number of hydrogen-bond donors (Lipinski definition) is 2. The number of hydrogen-bond acceptors (Lipinski definition) is 8. The second kappa shape index (κ2) is 11.0. The van der Waals surface area contributed by atoms with Crippen LogP contribution in [0.25, 0.3) is 0 Å². The van der Waals surface area contributed by atoms with E-state index in [0.29, 0.717) is 18.7 Å². The third-order valence-corrected chi connectivity index (χ3v) is 6.64. The maximum Gasteiger partial charge on any atom is 0.260 e. The summed E-state index contributed by atoms with van der Waals surface area (Å²) < 4.78 is 5.73. The standard InChI is InChI=1S/C25H36N6O3/c1-26-22-14-23(28-19-27-22)31-13-5-10-25(33,18-31)17-29(2)24(32)16-34-21-8-6-20(7-9-21)15-30-11-3-4-12-30/h6-9,14,19,33H,3-5,10-13,15-18H2,1-2H3,(H,26,27,28)/t25-/m0/s1. The Balaban J connectivity index is 1.26. The van der Waals surface area contributed by atoms with Crippen molar-refractivity contribution in [2.45, 2.75) is 37.8 Å². The predicted octanol–water partition coefficient (Wildman–Crippen LogP) is 1.98. The van der Waals surface area contributed by atoms with Crippen molar-refractivity contribution < 1.29 is 14.6 Å². The smallest absolute Gasteiger partial charge is 0.260 e. The summed E-state index contributed by atoms with van der Waals surface area (Å²) in [6.45, 7) is 4.69. The van der Waals surface area contributed by atoms with Crippen LogP contribution < -0.4 is 15.0 Å². The third-order valence-electron chi connectivity index (χ3n) is 6.64. The molecule has 1 aromatic carbocycles. The van der Waals surface area contributed by atoms with Crippen molar-refractivity contribution in [1.82, 2.24) is 19.8 Å². The fourth-order valence-corrected chi connectivity index (χ4v) is 4.77. The number of nitrogens with zero attached hydrogens (tertiary/aromatic N) is 5. The van der Waals surface area contributed by atoms with E-state index in [1.165, 1.54) is 37.8 Å². The van der Waals surface area contributed by atoms with Crippen LogP contribution in [0.5, 0.6) is 5.75 Å². The van der Waals surface area contributed by atoms with E-state index in [2.05, 4.69) is 32.3 Å². The Morgan fingerprint density at radius 1 is 1.18 bits per heavy atom. The highest BCUT2D eigenvalue weighted by Gasteiger charge is 2.36. The first-order valence-corrected chi connectivity index (χ1v) is 12.1. The molecule has 9 heteroatoms. The molecule has 184 valence electrons. The van der Waals surface area contributed by atoms with Crippen molar-refractivity contribution in [3.05, 3.63) is 42.2 Å². The second-order valence-electron chi connectivity index (χ2n) is 9.43. The van der Waals surface area contributed by atoms with E-state index >= 15 is 0 Å². The minimum absolute atomic E-state index is 0.0563. The lowest BCUT2D eigenvalue weighted by molar-refractivity contribution is -0.135. The molecule has 4 rings (SSSR count). The fourth-order valence-electron chi connectivity index (χ4n) is 4.77. The molecular formula is C25H36N6O3. The third kappa shape index (κ3) is 6.36. The molecule has 34 heavy (non-hydrogen) atoms. The first-order valence-electron chi connectivity index (χ1n) is 12.1. The maximum atomic E-state index is 12.7. The molecular weight excluding hydrogens is 432 g/mol. The number of likely N-dealkylation sites (N-methyl/N-ethyl adjacent to an activating group) is 1. The predicted molar refractivity (Wildman–Crippen MR) is 132 cm³/mol. The molecule has 2 aliphatic rings. The minimum atomic E-state index is -1.01. The van der Waals surface area contributed by atoms with Gasteiger partial charge in [-0.25, -0.2) is 9.97 Å². The van der Waals surface area contributed by atoms with E-state index < -0.39 is 5.60 Å². The number of amides is 1. The molecule has 2 N–H and O–H groups in total. The minimum Gasteiger partial charge on any atom is -0.484 e. The number of anilines is 2. The van der Waals surface area contributed by atoms with Crippen molar-refractivity contribution in [3.8, 4) is 5.75 Å². The molecule has 2 saturated heterocycles. The molecule has 0 saturated carbocycles. The maximum absolute atomic E-state index is 12.7. The number of aliphatic hydroxyl groups is 1. The van der Waals surface area contributed by atoms with Crippen molar-refractivity contribution >= 4 is 17.5 Å². The molecule has 0 spiro atoms. The summed E-state index contributed by atoms with van der Waals surface area (Å²) in [6, 6.07) is 9.84. The van der Waals surface area contributed by atoms with Gasteiger partial charge in [0.25, 0.3) is 5.91 Å². The lowest BCUT2D eigenvalue weighted by atomic mass is 9.92. The average molecular weight is 469 g/mol. The first kappa shape index (κ1) is 24.2. The van der Waals surface area contributed by atoms with E-state index in [-0.39, 0.29) is 19.1 Å². The van der Waals surface area contributed by atoms with Crippen LogP contribution >= 0.6 is 0 Å². The molecule has 0 unspecified atom stereocenters. The molecule has 2 aromatic rings. The molecule has 2 fully saturated rings. The van der Waals surface area contributed by atoms with Gasteiger partial charge < -0.3 is 25.0 Å². The molecule has 3 heterocycles. The molecule has 1 amide bonds. The molecule has 0 aliphatic carbocycles. The molecule has 1 aromatic heterocycles. The Hall–Kier alpha value is -2.91. The molecule has 0 bridgehead atoms.